The number of thioether (sulfide) groups is 1. The van der Waals surface area contributed by atoms with E-state index >= 15 is 0 Å². The quantitative estimate of drug-likeness (QED) is 0.800. The van der Waals surface area contributed by atoms with Crippen molar-refractivity contribution in [1.82, 2.24) is 0 Å². The molecule has 3 rings (SSSR count). The van der Waals surface area contributed by atoms with Gasteiger partial charge in [-0.1, -0.05) is 24.3 Å². The lowest BCUT2D eigenvalue weighted by Crippen LogP contribution is -2.42. The van der Waals surface area contributed by atoms with Crippen LogP contribution in [0, 0.1) is 0 Å². The molecule has 0 saturated carbocycles. The second-order valence-electron chi connectivity index (χ2n) is 5.32. The summed E-state index contributed by atoms with van der Waals surface area (Å²) in [4.78, 5) is 15.2. The van der Waals surface area contributed by atoms with Gasteiger partial charge in [-0.25, -0.2) is 0 Å². The van der Waals surface area contributed by atoms with Gasteiger partial charge in [0, 0.05) is 18.0 Å². The standard InChI is InChI=1S/C17H18N2O3S/c18-9-10-19-13-3-1-2-4-14(13)23-16(15(21)17(19)22)11-5-7-12(20)8-6-11/h1-8,15-16,20-21H,9-10,18H2/t15-,16+/m1/s1. The third-order valence-electron chi connectivity index (χ3n) is 3.79. The van der Waals surface area contributed by atoms with Crippen LogP contribution in [0.25, 0.3) is 0 Å². The number of fused-ring (bicyclic) bond motifs is 1. The maximum absolute atomic E-state index is 12.7. The fourth-order valence-corrected chi connectivity index (χ4v) is 3.93. The lowest BCUT2D eigenvalue weighted by atomic mass is 10.1. The van der Waals surface area contributed by atoms with Gasteiger partial charge in [-0.3, -0.25) is 4.79 Å². The van der Waals surface area contributed by atoms with E-state index in [9.17, 15) is 15.0 Å². The van der Waals surface area contributed by atoms with Gasteiger partial charge in [0.05, 0.1) is 10.9 Å². The van der Waals surface area contributed by atoms with Gasteiger partial charge in [0.2, 0.25) is 0 Å². The highest BCUT2D eigenvalue weighted by molar-refractivity contribution is 7.99. The number of amides is 1. The minimum Gasteiger partial charge on any atom is -0.508 e. The summed E-state index contributed by atoms with van der Waals surface area (Å²) in [6.45, 7) is 0.678. The zero-order valence-electron chi connectivity index (χ0n) is 12.4. The van der Waals surface area contributed by atoms with E-state index in [0.29, 0.717) is 13.1 Å². The lowest BCUT2D eigenvalue weighted by Gasteiger charge is -2.24. The summed E-state index contributed by atoms with van der Waals surface area (Å²) in [5.74, 6) is -0.204. The molecule has 120 valence electrons. The molecule has 0 aliphatic carbocycles. The Morgan fingerprint density at radius 3 is 2.52 bits per heavy atom. The van der Waals surface area contributed by atoms with Crippen molar-refractivity contribution in [2.45, 2.75) is 16.2 Å². The normalized spacial score (nSPS) is 21.0. The molecule has 2 aromatic carbocycles. The second-order valence-corrected chi connectivity index (χ2v) is 6.50. The number of carbonyl (C=O) groups excluding carboxylic acids is 1. The number of hydrogen-bond donors (Lipinski definition) is 3. The molecule has 1 heterocycles. The Hall–Kier alpha value is -2.02. The summed E-state index contributed by atoms with van der Waals surface area (Å²) in [6, 6.07) is 14.1. The van der Waals surface area contributed by atoms with Crippen LogP contribution in [0.3, 0.4) is 0 Å². The van der Waals surface area contributed by atoms with Gasteiger partial charge in [-0.05, 0) is 29.8 Å². The Morgan fingerprint density at radius 2 is 1.83 bits per heavy atom. The van der Waals surface area contributed by atoms with Gasteiger partial charge >= 0.3 is 0 Å². The Balaban J connectivity index is 2.05. The van der Waals surface area contributed by atoms with Gasteiger partial charge in [0.1, 0.15) is 11.9 Å². The number of hydrogen-bond acceptors (Lipinski definition) is 5. The molecule has 23 heavy (non-hydrogen) atoms. The number of aliphatic hydroxyl groups excluding tert-OH is 1. The maximum Gasteiger partial charge on any atom is 0.257 e. The molecule has 1 aliphatic heterocycles. The number of aliphatic hydroxyl groups is 1. The van der Waals surface area contributed by atoms with E-state index in [4.69, 9.17) is 5.73 Å². The molecule has 0 saturated heterocycles. The van der Waals surface area contributed by atoms with Crippen LogP contribution >= 0.6 is 11.8 Å². The molecule has 6 heteroatoms. The van der Waals surface area contributed by atoms with Crippen molar-refractivity contribution in [3.63, 3.8) is 0 Å². The second kappa shape index (κ2) is 6.62. The molecule has 0 spiro atoms. The van der Waals surface area contributed by atoms with E-state index in [1.54, 1.807) is 29.2 Å². The van der Waals surface area contributed by atoms with Crippen molar-refractivity contribution in [3.05, 3.63) is 54.1 Å². The van der Waals surface area contributed by atoms with Crippen LogP contribution in [-0.2, 0) is 4.79 Å². The summed E-state index contributed by atoms with van der Waals surface area (Å²) in [6.07, 6.45) is -1.18. The number of anilines is 1. The first kappa shape index (κ1) is 15.9. The Bertz CT molecular complexity index is 705. The molecule has 1 amide bonds. The molecule has 0 unspecified atom stereocenters. The first-order valence-corrected chi connectivity index (χ1v) is 8.24. The molecule has 5 nitrogen and oxygen atoms in total. The smallest absolute Gasteiger partial charge is 0.257 e. The van der Waals surface area contributed by atoms with Crippen molar-refractivity contribution in [1.29, 1.82) is 0 Å². The predicted molar refractivity (Wildman–Crippen MR) is 90.6 cm³/mol. The number of phenolic OH excluding ortho intramolecular Hbond substituents is 1. The fraction of sp³-hybridized carbons (Fsp3) is 0.235. The molecule has 4 N–H and O–H groups in total. The molecule has 0 bridgehead atoms. The third-order valence-corrected chi connectivity index (χ3v) is 5.17. The number of phenols is 1. The van der Waals surface area contributed by atoms with Crippen molar-refractivity contribution in [2.24, 2.45) is 5.73 Å². The summed E-state index contributed by atoms with van der Waals surface area (Å²) in [5.41, 5.74) is 7.19. The van der Waals surface area contributed by atoms with E-state index < -0.39 is 11.4 Å². The number of nitrogens with zero attached hydrogens (tertiary/aromatic N) is 1. The number of para-hydroxylation sites is 1. The zero-order chi connectivity index (χ0) is 16.4. The fourth-order valence-electron chi connectivity index (χ4n) is 2.66. The SMILES string of the molecule is NCCN1C(=O)[C@H](O)[C@H](c2ccc(O)cc2)Sc2ccccc21. The topological polar surface area (TPSA) is 86.8 Å². The van der Waals surface area contributed by atoms with E-state index in [0.717, 1.165) is 16.1 Å². The van der Waals surface area contributed by atoms with E-state index in [1.807, 2.05) is 24.3 Å². The summed E-state index contributed by atoms with van der Waals surface area (Å²) in [5, 5.41) is 19.6. The van der Waals surface area contributed by atoms with Crippen LogP contribution in [0.5, 0.6) is 5.75 Å². The molecule has 2 aromatic rings. The largest absolute Gasteiger partial charge is 0.508 e. The predicted octanol–water partition coefficient (Wildman–Crippen LogP) is 1.89. The van der Waals surface area contributed by atoms with Crippen molar-refractivity contribution in [2.75, 3.05) is 18.0 Å². The van der Waals surface area contributed by atoms with Crippen LogP contribution < -0.4 is 10.6 Å². The highest BCUT2D eigenvalue weighted by Gasteiger charge is 2.36. The monoisotopic (exact) mass is 330 g/mol. The van der Waals surface area contributed by atoms with E-state index in [2.05, 4.69) is 0 Å². The minimum atomic E-state index is -1.18. The summed E-state index contributed by atoms with van der Waals surface area (Å²) >= 11 is 1.44. The Morgan fingerprint density at radius 1 is 1.13 bits per heavy atom. The van der Waals surface area contributed by atoms with Gasteiger partial charge in [-0.15, -0.1) is 11.8 Å². The number of rotatable bonds is 3. The molecular formula is C17H18N2O3S. The van der Waals surface area contributed by atoms with Crippen LogP contribution in [0.15, 0.2) is 53.4 Å². The van der Waals surface area contributed by atoms with E-state index in [-0.39, 0.29) is 11.7 Å². The molecule has 1 aliphatic rings. The molecule has 0 radical (unpaired) electrons. The highest BCUT2D eigenvalue weighted by atomic mass is 32.2. The van der Waals surface area contributed by atoms with Gasteiger partial charge in [-0.2, -0.15) is 0 Å². The highest BCUT2D eigenvalue weighted by Crippen LogP contribution is 2.45. The minimum absolute atomic E-state index is 0.151. The zero-order valence-corrected chi connectivity index (χ0v) is 13.2. The number of carbonyl (C=O) groups is 1. The van der Waals surface area contributed by atoms with Gasteiger partial charge in [0.15, 0.2) is 0 Å². The van der Waals surface area contributed by atoms with Crippen LogP contribution in [0.4, 0.5) is 5.69 Å². The average molecular weight is 330 g/mol. The third kappa shape index (κ3) is 3.06. The number of nitrogens with two attached hydrogens (primary N) is 1. The first-order chi connectivity index (χ1) is 11.1. The Kier molecular flexibility index (Phi) is 4.56. The number of aromatic hydroxyl groups is 1. The average Bonchev–Trinajstić information content (AvgIpc) is 2.67. The summed E-state index contributed by atoms with van der Waals surface area (Å²) < 4.78 is 0. The summed E-state index contributed by atoms with van der Waals surface area (Å²) in [7, 11) is 0. The number of benzene rings is 2. The van der Waals surface area contributed by atoms with Crippen molar-refractivity contribution >= 4 is 23.4 Å². The Labute approximate surface area is 138 Å². The molecular weight excluding hydrogens is 312 g/mol. The van der Waals surface area contributed by atoms with E-state index in [1.165, 1.54) is 11.8 Å². The van der Waals surface area contributed by atoms with Gasteiger partial charge in [0.25, 0.3) is 5.91 Å². The van der Waals surface area contributed by atoms with Crippen LogP contribution in [-0.4, -0.2) is 35.3 Å². The first-order valence-electron chi connectivity index (χ1n) is 7.36. The van der Waals surface area contributed by atoms with Crippen molar-refractivity contribution in [3.8, 4) is 5.75 Å². The maximum atomic E-state index is 12.7. The molecule has 0 aromatic heterocycles. The van der Waals surface area contributed by atoms with Gasteiger partial charge < -0.3 is 20.8 Å². The lowest BCUT2D eigenvalue weighted by molar-refractivity contribution is -0.126. The van der Waals surface area contributed by atoms with Crippen LogP contribution in [0.2, 0.25) is 0 Å². The van der Waals surface area contributed by atoms with Crippen molar-refractivity contribution < 1.29 is 15.0 Å². The van der Waals surface area contributed by atoms with Crippen LogP contribution in [0.1, 0.15) is 10.8 Å². The molecule has 0 fully saturated rings. The molecule has 2 atom stereocenters.